The number of aromatic nitrogens is 2. The Morgan fingerprint density at radius 2 is 2.00 bits per heavy atom. The molecule has 1 aliphatic rings. The van der Waals surface area contributed by atoms with Crippen molar-refractivity contribution in [1.29, 1.82) is 0 Å². The van der Waals surface area contributed by atoms with Crippen LogP contribution >= 0.6 is 0 Å². The second kappa shape index (κ2) is 6.12. The van der Waals surface area contributed by atoms with Gasteiger partial charge in [-0.1, -0.05) is 38.0 Å². The van der Waals surface area contributed by atoms with Gasteiger partial charge in [0.1, 0.15) is 5.82 Å². The van der Waals surface area contributed by atoms with E-state index in [-0.39, 0.29) is 5.91 Å². The van der Waals surface area contributed by atoms with Crippen molar-refractivity contribution >= 4 is 11.7 Å². The number of nitrogens with zero attached hydrogens (tertiary/aromatic N) is 2. The molecule has 0 saturated heterocycles. The minimum Gasteiger partial charge on any atom is -0.311 e. The van der Waals surface area contributed by atoms with E-state index in [2.05, 4.69) is 5.32 Å². The van der Waals surface area contributed by atoms with Gasteiger partial charge in [-0.3, -0.25) is 4.79 Å². The Labute approximate surface area is 125 Å². The summed E-state index contributed by atoms with van der Waals surface area (Å²) in [6, 6.07) is 12.0. The van der Waals surface area contributed by atoms with Crippen LogP contribution in [0.5, 0.6) is 0 Å². The van der Waals surface area contributed by atoms with Gasteiger partial charge in [-0.05, 0) is 25.0 Å². The Kier molecular flexibility index (Phi) is 4.04. The van der Waals surface area contributed by atoms with Crippen molar-refractivity contribution < 1.29 is 4.79 Å². The summed E-state index contributed by atoms with van der Waals surface area (Å²) in [5.41, 5.74) is 2.08. The molecule has 0 bridgehead atoms. The molecule has 2 aromatic rings. The smallest absolute Gasteiger partial charge is 0.225 e. The lowest BCUT2D eigenvalue weighted by molar-refractivity contribution is -0.115. The number of hydrogen-bond donors (Lipinski definition) is 1. The Balaban J connectivity index is 1.97. The second-order valence-electron chi connectivity index (χ2n) is 5.58. The summed E-state index contributed by atoms with van der Waals surface area (Å²) in [6.45, 7) is 1.86. The predicted molar refractivity (Wildman–Crippen MR) is 83.7 cm³/mol. The monoisotopic (exact) mass is 283 g/mol. The Morgan fingerprint density at radius 1 is 1.29 bits per heavy atom. The normalized spacial score (nSPS) is 15.3. The van der Waals surface area contributed by atoms with E-state index in [1.807, 2.05) is 48.0 Å². The number of para-hydroxylation sites is 1. The fourth-order valence-corrected chi connectivity index (χ4v) is 2.91. The zero-order valence-corrected chi connectivity index (χ0v) is 12.4. The average molecular weight is 283 g/mol. The molecule has 1 saturated carbocycles. The van der Waals surface area contributed by atoms with E-state index in [9.17, 15) is 4.79 Å². The van der Waals surface area contributed by atoms with Crippen molar-refractivity contribution in [3.05, 3.63) is 42.1 Å². The van der Waals surface area contributed by atoms with E-state index in [1.165, 1.54) is 25.7 Å². The maximum Gasteiger partial charge on any atom is 0.225 e. The summed E-state index contributed by atoms with van der Waals surface area (Å²) in [5, 5.41) is 7.72. The molecule has 1 fully saturated rings. The van der Waals surface area contributed by atoms with Crippen molar-refractivity contribution in [2.75, 3.05) is 5.32 Å². The van der Waals surface area contributed by atoms with Crippen LogP contribution in [-0.2, 0) is 4.79 Å². The van der Waals surface area contributed by atoms with Gasteiger partial charge in [-0.15, -0.1) is 0 Å². The van der Waals surface area contributed by atoms with Gasteiger partial charge in [-0.25, -0.2) is 4.68 Å². The van der Waals surface area contributed by atoms with Crippen molar-refractivity contribution in [2.45, 2.75) is 44.9 Å². The van der Waals surface area contributed by atoms with Crippen LogP contribution in [0.15, 0.2) is 36.4 Å². The predicted octanol–water partition coefficient (Wildman–Crippen LogP) is 3.88. The van der Waals surface area contributed by atoms with Gasteiger partial charge in [0.15, 0.2) is 0 Å². The molecule has 0 atom stereocenters. The highest BCUT2D eigenvalue weighted by atomic mass is 16.1. The van der Waals surface area contributed by atoms with Gasteiger partial charge in [0.2, 0.25) is 5.91 Å². The standard InChI is InChI=1S/C17H21N3O/c1-2-17(21)18-16-12-15(13-8-6-7-9-13)19-20(16)14-10-4-3-5-11-14/h3-5,10-13H,2,6-9H2,1H3,(H,18,21). The maximum absolute atomic E-state index is 11.7. The van der Waals surface area contributed by atoms with Gasteiger partial charge >= 0.3 is 0 Å². The van der Waals surface area contributed by atoms with E-state index in [0.717, 1.165) is 17.2 Å². The van der Waals surface area contributed by atoms with Crippen molar-refractivity contribution in [3.63, 3.8) is 0 Å². The van der Waals surface area contributed by atoms with E-state index in [4.69, 9.17) is 5.10 Å². The molecule has 0 aliphatic heterocycles. The summed E-state index contributed by atoms with van der Waals surface area (Å²) in [4.78, 5) is 11.7. The SMILES string of the molecule is CCC(=O)Nc1cc(C2CCCC2)nn1-c1ccccc1. The molecule has 1 aliphatic carbocycles. The summed E-state index contributed by atoms with van der Waals surface area (Å²) >= 11 is 0. The first-order valence-corrected chi connectivity index (χ1v) is 7.73. The number of carbonyl (C=O) groups is 1. The lowest BCUT2D eigenvalue weighted by Crippen LogP contribution is -2.13. The Morgan fingerprint density at radius 3 is 2.67 bits per heavy atom. The highest BCUT2D eigenvalue weighted by molar-refractivity contribution is 5.90. The molecule has 0 spiro atoms. The zero-order valence-electron chi connectivity index (χ0n) is 12.4. The lowest BCUT2D eigenvalue weighted by atomic mass is 10.0. The van der Waals surface area contributed by atoms with Gasteiger partial charge in [0.05, 0.1) is 11.4 Å². The van der Waals surface area contributed by atoms with Crippen LogP contribution in [0.4, 0.5) is 5.82 Å². The van der Waals surface area contributed by atoms with Gasteiger partial charge in [-0.2, -0.15) is 5.10 Å². The number of carbonyl (C=O) groups excluding carboxylic acids is 1. The fraction of sp³-hybridized carbons (Fsp3) is 0.412. The molecule has 3 rings (SSSR count). The molecule has 110 valence electrons. The molecule has 0 radical (unpaired) electrons. The topological polar surface area (TPSA) is 46.9 Å². The highest BCUT2D eigenvalue weighted by Gasteiger charge is 2.22. The van der Waals surface area contributed by atoms with Crippen LogP contribution < -0.4 is 5.32 Å². The number of benzene rings is 1. The molecule has 1 N–H and O–H groups in total. The molecule has 1 heterocycles. The second-order valence-corrected chi connectivity index (χ2v) is 5.58. The van der Waals surface area contributed by atoms with Gasteiger partial charge in [0, 0.05) is 18.4 Å². The summed E-state index contributed by atoms with van der Waals surface area (Å²) in [7, 11) is 0. The van der Waals surface area contributed by atoms with Crippen molar-refractivity contribution in [2.24, 2.45) is 0 Å². The van der Waals surface area contributed by atoms with Crippen molar-refractivity contribution in [1.82, 2.24) is 9.78 Å². The first-order valence-electron chi connectivity index (χ1n) is 7.73. The number of rotatable bonds is 4. The third-order valence-electron chi connectivity index (χ3n) is 4.09. The van der Waals surface area contributed by atoms with E-state index < -0.39 is 0 Å². The quantitative estimate of drug-likeness (QED) is 0.925. The van der Waals surface area contributed by atoms with E-state index in [0.29, 0.717) is 12.3 Å². The highest BCUT2D eigenvalue weighted by Crippen LogP contribution is 2.35. The van der Waals surface area contributed by atoms with Crippen molar-refractivity contribution in [3.8, 4) is 5.69 Å². The van der Waals surface area contributed by atoms with Crippen LogP contribution in [0.2, 0.25) is 0 Å². The summed E-state index contributed by atoms with van der Waals surface area (Å²) < 4.78 is 1.85. The molecule has 1 aromatic heterocycles. The third kappa shape index (κ3) is 2.99. The van der Waals surface area contributed by atoms with Crippen LogP contribution in [0.25, 0.3) is 5.69 Å². The first-order chi connectivity index (χ1) is 10.3. The number of hydrogen-bond acceptors (Lipinski definition) is 2. The molecule has 21 heavy (non-hydrogen) atoms. The largest absolute Gasteiger partial charge is 0.311 e. The van der Waals surface area contributed by atoms with Crippen LogP contribution in [0.1, 0.15) is 50.6 Å². The molecule has 4 nitrogen and oxygen atoms in total. The number of amides is 1. The Bertz CT molecular complexity index is 612. The van der Waals surface area contributed by atoms with Crippen LogP contribution in [-0.4, -0.2) is 15.7 Å². The van der Waals surface area contributed by atoms with Crippen LogP contribution in [0, 0.1) is 0 Å². The summed E-state index contributed by atoms with van der Waals surface area (Å²) in [5.74, 6) is 1.33. The average Bonchev–Trinajstić information content (AvgIpc) is 3.17. The Hall–Kier alpha value is -2.10. The van der Waals surface area contributed by atoms with Crippen LogP contribution in [0.3, 0.4) is 0 Å². The molecular weight excluding hydrogens is 262 g/mol. The summed E-state index contributed by atoms with van der Waals surface area (Å²) in [6.07, 6.45) is 5.43. The van der Waals surface area contributed by atoms with Gasteiger partial charge < -0.3 is 5.32 Å². The van der Waals surface area contributed by atoms with E-state index in [1.54, 1.807) is 0 Å². The first kappa shape index (κ1) is 13.9. The maximum atomic E-state index is 11.7. The minimum atomic E-state index is 0.0186. The van der Waals surface area contributed by atoms with Gasteiger partial charge in [0.25, 0.3) is 0 Å². The molecule has 4 heteroatoms. The fourth-order valence-electron chi connectivity index (χ4n) is 2.91. The number of nitrogens with one attached hydrogen (secondary N) is 1. The van der Waals surface area contributed by atoms with E-state index >= 15 is 0 Å². The molecular formula is C17H21N3O. The lowest BCUT2D eigenvalue weighted by Gasteiger charge is -2.07. The molecule has 1 amide bonds. The molecule has 1 aromatic carbocycles. The molecule has 0 unspecified atom stereocenters. The minimum absolute atomic E-state index is 0.0186. The number of anilines is 1. The third-order valence-corrected chi connectivity index (χ3v) is 4.09. The zero-order chi connectivity index (χ0) is 14.7.